The van der Waals surface area contributed by atoms with Crippen LogP contribution in [0.4, 0.5) is 5.69 Å². The number of nitrogens with zero attached hydrogens (tertiary/aromatic N) is 5. The van der Waals surface area contributed by atoms with Crippen LogP contribution in [0, 0.1) is 6.92 Å². The number of thiazole rings is 1. The number of benzene rings is 3. The van der Waals surface area contributed by atoms with E-state index >= 15 is 0 Å². The summed E-state index contributed by atoms with van der Waals surface area (Å²) in [7, 11) is 2.06. The number of pyridine rings is 1. The Balaban J connectivity index is 1.23. The van der Waals surface area contributed by atoms with Gasteiger partial charge >= 0.3 is 0 Å². The number of rotatable bonds is 5. The molecular weight excluding hydrogens is 490 g/mol. The normalized spacial score (nSPS) is 13.2. The van der Waals surface area contributed by atoms with E-state index in [4.69, 9.17) is 9.72 Å². The highest BCUT2D eigenvalue weighted by atomic mass is 32.1. The third-order valence-corrected chi connectivity index (χ3v) is 7.99. The first kappa shape index (κ1) is 22.6. The molecule has 7 heteroatoms. The fraction of sp³-hybridized carbons (Fsp3) is 0.0968. The van der Waals surface area contributed by atoms with Crippen LogP contribution < -0.4 is 9.64 Å². The Morgan fingerprint density at radius 1 is 0.842 bits per heavy atom. The zero-order valence-corrected chi connectivity index (χ0v) is 21.9. The molecule has 0 saturated carbocycles. The zero-order chi connectivity index (χ0) is 25.6. The summed E-state index contributed by atoms with van der Waals surface area (Å²) in [6.45, 7) is 2.90. The molecule has 0 amide bonds. The maximum atomic E-state index is 6.29. The molecule has 0 atom stereocenters. The average Bonchev–Trinajstić information content (AvgIpc) is 3.64. The number of aryl methyl sites for hydroxylation is 1. The van der Waals surface area contributed by atoms with E-state index in [2.05, 4.69) is 100 Å². The van der Waals surface area contributed by atoms with Gasteiger partial charge in [-0.05, 0) is 43.3 Å². The van der Waals surface area contributed by atoms with E-state index in [0.29, 0.717) is 0 Å². The summed E-state index contributed by atoms with van der Waals surface area (Å²) in [5, 5.41) is 4.46. The van der Waals surface area contributed by atoms with Crippen molar-refractivity contribution in [3.05, 3.63) is 109 Å². The van der Waals surface area contributed by atoms with E-state index in [0.717, 1.165) is 56.2 Å². The molecule has 38 heavy (non-hydrogen) atoms. The Hall–Kier alpha value is -4.62. The van der Waals surface area contributed by atoms with Crippen LogP contribution in [0.15, 0.2) is 104 Å². The van der Waals surface area contributed by atoms with E-state index in [1.54, 1.807) is 11.3 Å². The molecule has 1 aliphatic heterocycles. The van der Waals surface area contributed by atoms with Crippen LogP contribution >= 0.6 is 11.3 Å². The minimum atomic E-state index is 0.782. The lowest BCUT2D eigenvalue weighted by atomic mass is 10.2. The third kappa shape index (κ3) is 3.88. The van der Waals surface area contributed by atoms with E-state index in [-0.39, 0.29) is 0 Å². The summed E-state index contributed by atoms with van der Waals surface area (Å²) in [5.41, 5.74) is 5.35. The quantitative estimate of drug-likeness (QED) is 0.237. The smallest absolute Gasteiger partial charge is 0.129 e. The number of anilines is 1. The molecule has 0 saturated heterocycles. The molecule has 0 unspecified atom stereocenters. The molecule has 0 aliphatic carbocycles. The maximum Gasteiger partial charge on any atom is 0.129 e. The summed E-state index contributed by atoms with van der Waals surface area (Å²) < 4.78 is 8.57. The highest BCUT2D eigenvalue weighted by Gasteiger charge is 2.18. The molecule has 6 aromatic rings. The van der Waals surface area contributed by atoms with Crippen molar-refractivity contribution in [2.75, 3.05) is 18.6 Å². The lowest BCUT2D eigenvalue weighted by Gasteiger charge is -2.19. The average molecular weight is 516 g/mol. The fourth-order valence-electron chi connectivity index (χ4n) is 5.01. The minimum absolute atomic E-state index is 0.782. The summed E-state index contributed by atoms with van der Waals surface area (Å²) >= 11 is 1.68. The van der Waals surface area contributed by atoms with Crippen LogP contribution in [0.2, 0.25) is 0 Å². The summed E-state index contributed by atoms with van der Waals surface area (Å²) in [5.74, 6) is 1.58. The van der Waals surface area contributed by atoms with E-state index in [1.807, 2.05) is 36.7 Å². The molecule has 7 rings (SSSR count). The molecule has 1 aliphatic rings. The first-order valence-corrected chi connectivity index (χ1v) is 13.3. The first-order chi connectivity index (χ1) is 18.6. The number of fused-ring (bicyclic) bond motifs is 3. The number of hydrogen-bond donors (Lipinski definition) is 0. The van der Waals surface area contributed by atoms with Crippen LogP contribution in [0.25, 0.3) is 37.4 Å². The summed E-state index contributed by atoms with van der Waals surface area (Å²) in [6, 6.07) is 26.9. The molecule has 0 radical (unpaired) electrons. The second kappa shape index (κ2) is 9.04. The molecule has 186 valence electrons. The summed E-state index contributed by atoms with van der Waals surface area (Å²) in [6.07, 6.45) is 7.94. The lowest BCUT2D eigenvalue weighted by molar-refractivity contribution is 0.481. The van der Waals surface area contributed by atoms with Gasteiger partial charge < -0.3 is 14.5 Å². The van der Waals surface area contributed by atoms with E-state index in [1.165, 1.54) is 10.8 Å². The molecule has 3 aromatic carbocycles. The largest absolute Gasteiger partial charge is 0.457 e. The van der Waals surface area contributed by atoms with Gasteiger partial charge in [0.15, 0.2) is 0 Å². The monoisotopic (exact) mass is 515 g/mol. The molecule has 3 aromatic heterocycles. The molecule has 4 heterocycles. The van der Waals surface area contributed by atoms with Gasteiger partial charge in [0.05, 0.1) is 29.6 Å². The van der Waals surface area contributed by atoms with Crippen molar-refractivity contribution in [3.63, 3.8) is 0 Å². The standard InChI is InChI=1S/C31H25N5OS/c1-21-31(36-28-12-4-3-11-26(28)27-13-14-32-19-29(27)36)38-30(33-21)22-7-5-9-24(17-22)37-25-10-6-8-23(18-25)35-16-15-34(2)20-35/h3-19H,20H2,1-2H3. The second-order valence-corrected chi connectivity index (χ2v) is 10.4. The van der Waals surface area contributed by atoms with Crippen molar-refractivity contribution < 1.29 is 4.74 Å². The van der Waals surface area contributed by atoms with Crippen LogP contribution in [0.1, 0.15) is 5.69 Å². The Kier molecular flexibility index (Phi) is 5.37. The van der Waals surface area contributed by atoms with Crippen LogP contribution in [-0.4, -0.2) is 33.2 Å². The van der Waals surface area contributed by atoms with Crippen LogP contribution in [0.3, 0.4) is 0 Å². The fourth-order valence-corrected chi connectivity index (χ4v) is 6.10. The Morgan fingerprint density at radius 3 is 2.53 bits per heavy atom. The van der Waals surface area contributed by atoms with Crippen molar-refractivity contribution in [1.29, 1.82) is 0 Å². The maximum absolute atomic E-state index is 6.29. The highest BCUT2D eigenvalue weighted by molar-refractivity contribution is 7.17. The molecule has 0 fully saturated rings. The molecule has 6 nitrogen and oxygen atoms in total. The Labute approximate surface area is 224 Å². The van der Waals surface area contributed by atoms with Crippen molar-refractivity contribution in [2.24, 2.45) is 0 Å². The first-order valence-electron chi connectivity index (χ1n) is 12.5. The number of para-hydroxylation sites is 1. The van der Waals surface area contributed by atoms with Gasteiger partial charge in [-0.2, -0.15) is 0 Å². The Morgan fingerprint density at radius 2 is 1.66 bits per heavy atom. The third-order valence-electron chi connectivity index (χ3n) is 6.79. The molecule has 0 bridgehead atoms. The predicted octanol–water partition coefficient (Wildman–Crippen LogP) is 7.58. The van der Waals surface area contributed by atoms with Gasteiger partial charge in [-0.25, -0.2) is 4.98 Å². The van der Waals surface area contributed by atoms with Gasteiger partial charge in [0, 0.05) is 53.7 Å². The van der Waals surface area contributed by atoms with Gasteiger partial charge in [0.25, 0.3) is 0 Å². The van der Waals surface area contributed by atoms with Gasteiger partial charge in [-0.3, -0.25) is 9.55 Å². The second-order valence-electron chi connectivity index (χ2n) is 9.45. The molecular formula is C31H25N5OS. The number of hydrogen-bond acceptors (Lipinski definition) is 6. The van der Waals surface area contributed by atoms with Gasteiger partial charge in [-0.15, -0.1) is 0 Å². The predicted molar refractivity (Wildman–Crippen MR) is 155 cm³/mol. The molecule has 0 N–H and O–H groups in total. The van der Waals surface area contributed by atoms with Crippen molar-refractivity contribution >= 4 is 38.8 Å². The van der Waals surface area contributed by atoms with E-state index < -0.39 is 0 Å². The van der Waals surface area contributed by atoms with Crippen molar-refractivity contribution in [2.45, 2.75) is 6.92 Å². The van der Waals surface area contributed by atoms with Crippen molar-refractivity contribution in [1.82, 2.24) is 19.4 Å². The van der Waals surface area contributed by atoms with Gasteiger partial charge in [0.2, 0.25) is 0 Å². The zero-order valence-electron chi connectivity index (χ0n) is 21.1. The number of ether oxygens (including phenoxy) is 1. The molecule has 0 spiro atoms. The SMILES string of the molecule is Cc1nc(-c2cccc(Oc3cccc(N4C=CN(C)C4)c3)c2)sc1-n1c2ccccc2c2ccncc21. The topological polar surface area (TPSA) is 46.4 Å². The van der Waals surface area contributed by atoms with E-state index in [9.17, 15) is 0 Å². The minimum Gasteiger partial charge on any atom is -0.457 e. The highest BCUT2D eigenvalue weighted by Crippen LogP contribution is 2.38. The Bertz CT molecular complexity index is 1780. The van der Waals surface area contributed by atoms with Crippen LogP contribution in [-0.2, 0) is 0 Å². The number of aromatic nitrogens is 3. The van der Waals surface area contributed by atoms with Gasteiger partial charge in [0.1, 0.15) is 21.5 Å². The van der Waals surface area contributed by atoms with Crippen molar-refractivity contribution in [3.8, 4) is 27.1 Å². The summed E-state index contributed by atoms with van der Waals surface area (Å²) in [4.78, 5) is 13.7. The van der Waals surface area contributed by atoms with Crippen LogP contribution in [0.5, 0.6) is 11.5 Å². The van der Waals surface area contributed by atoms with Gasteiger partial charge in [-0.1, -0.05) is 47.7 Å². The lowest BCUT2D eigenvalue weighted by Crippen LogP contribution is -2.21.